The van der Waals surface area contributed by atoms with Crippen LogP contribution < -0.4 is 0 Å². The minimum atomic E-state index is -0.446. The zero-order chi connectivity index (χ0) is 11.5. The molecule has 0 bridgehead atoms. The van der Waals surface area contributed by atoms with Crippen LogP contribution in [0.5, 0.6) is 0 Å². The molecule has 0 aromatic heterocycles. The molecule has 1 heterocycles. The van der Waals surface area contributed by atoms with Gasteiger partial charge in [-0.05, 0) is 20.8 Å². The third kappa shape index (κ3) is 3.77. The van der Waals surface area contributed by atoms with E-state index in [-0.39, 0.29) is 6.09 Å². The molecule has 5 nitrogen and oxygen atoms in total. The molecular formula is C10H18N2O3. The quantitative estimate of drug-likeness (QED) is 0.623. The number of hydrogen-bond acceptors (Lipinski definition) is 4. The van der Waals surface area contributed by atoms with Gasteiger partial charge in [-0.2, -0.15) is 0 Å². The number of oxime groups is 1. The van der Waals surface area contributed by atoms with Gasteiger partial charge in [-0.3, -0.25) is 0 Å². The van der Waals surface area contributed by atoms with Crippen LogP contribution in [0.1, 0.15) is 27.2 Å². The molecule has 0 aromatic carbocycles. The topological polar surface area (TPSA) is 51.1 Å². The predicted octanol–water partition coefficient (Wildman–Crippen LogP) is 1.63. The Morgan fingerprint density at radius 2 is 2.13 bits per heavy atom. The summed E-state index contributed by atoms with van der Waals surface area (Å²) in [5.41, 5.74) is 0.432. The number of nitrogens with zero attached hydrogens (tertiary/aromatic N) is 2. The average Bonchev–Trinajstić information content (AvgIpc) is 2.50. The molecule has 0 atom stereocenters. The molecule has 0 aromatic rings. The summed E-state index contributed by atoms with van der Waals surface area (Å²) in [6.45, 7) is 6.71. The van der Waals surface area contributed by atoms with Gasteiger partial charge in [0.1, 0.15) is 12.7 Å². The molecule has 1 aliphatic heterocycles. The van der Waals surface area contributed by atoms with E-state index in [2.05, 4.69) is 9.99 Å². The second kappa shape index (κ2) is 4.51. The molecule has 15 heavy (non-hydrogen) atoms. The SMILES string of the molecule is CO/N=C1/CCN(C(=O)OC(C)(C)C)C1. The predicted molar refractivity (Wildman–Crippen MR) is 56.9 cm³/mol. The second-order valence-corrected chi connectivity index (χ2v) is 4.49. The number of carbonyl (C=O) groups excluding carboxylic acids is 1. The number of carbonyl (C=O) groups is 1. The van der Waals surface area contributed by atoms with E-state index in [4.69, 9.17) is 4.74 Å². The average molecular weight is 214 g/mol. The molecule has 0 aliphatic carbocycles. The smallest absolute Gasteiger partial charge is 0.410 e. The fraction of sp³-hybridized carbons (Fsp3) is 0.800. The van der Waals surface area contributed by atoms with Crippen molar-refractivity contribution in [2.45, 2.75) is 32.8 Å². The van der Waals surface area contributed by atoms with Crippen LogP contribution in [0, 0.1) is 0 Å². The maximum atomic E-state index is 11.6. The van der Waals surface area contributed by atoms with Crippen molar-refractivity contribution < 1.29 is 14.4 Å². The van der Waals surface area contributed by atoms with Crippen molar-refractivity contribution in [3.63, 3.8) is 0 Å². The molecular weight excluding hydrogens is 196 g/mol. The van der Waals surface area contributed by atoms with Crippen LogP contribution in [0.15, 0.2) is 5.16 Å². The maximum absolute atomic E-state index is 11.6. The lowest BCUT2D eigenvalue weighted by Crippen LogP contribution is -2.35. The second-order valence-electron chi connectivity index (χ2n) is 4.49. The van der Waals surface area contributed by atoms with E-state index >= 15 is 0 Å². The highest BCUT2D eigenvalue weighted by Gasteiger charge is 2.27. The molecule has 1 fully saturated rings. The van der Waals surface area contributed by atoms with Crippen LogP contribution in [-0.2, 0) is 9.57 Å². The van der Waals surface area contributed by atoms with Crippen molar-refractivity contribution in [1.29, 1.82) is 0 Å². The molecule has 0 radical (unpaired) electrons. The normalized spacial score (nSPS) is 19.5. The Hall–Kier alpha value is -1.26. The Morgan fingerprint density at radius 1 is 1.47 bits per heavy atom. The molecule has 0 N–H and O–H groups in total. The van der Waals surface area contributed by atoms with E-state index in [1.807, 2.05) is 20.8 Å². The molecule has 1 amide bonds. The van der Waals surface area contributed by atoms with Crippen molar-refractivity contribution in [1.82, 2.24) is 4.90 Å². The van der Waals surface area contributed by atoms with E-state index < -0.39 is 5.60 Å². The maximum Gasteiger partial charge on any atom is 0.410 e. The van der Waals surface area contributed by atoms with Gasteiger partial charge in [0, 0.05) is 13.0 Å². The summed E-state index contributed by atoms with van der Waals surface area (Å²) in [5, 5.41) is 3.82. The van der Waals surface area contributed by atoms with Crippen LogP contribution >= 0.6 is 0 Å². The van der Waals surface area contributed by atoms with Gasteiger partial charge in [0.2, 0.25) is 0 Å². The Bertz CT molecular complexity index is 268. The van der Waals surface area contributed by atoms with Crippen molar-refractivity contribution in [3.8, 4) is 0 Å². The van der Waals surface area contributed by atoms with Gasteiger partial charge >= 0.3 is 6.09 Å². The summed E-state index contributed by atoms with van der Waals surface area (Å²) in [4.78, 5) is 17.9. The Kier molecular flexibility index (Phi) is 3.55. The van der Waals surface area contributed by atoms with E-state index in [0.717, 1.165) is 12.1 Å². The number of rotatable bonds is 1. The zero-order valence-corrected chi connectivity index (χ0v) is 9.74. The summed E-state index contributed by atoms with van der Waals surface area (Å²) in [6, 6.07) is 0. The van der Waals surface area contributed by atoms with Gasteiger partial charge in [-0.25, -0.2) is 4.79 Å². The largest absolute Gasteiger partial charge is 0.444 e. The molecule has 1 rings (SSSR count). The van der Waals surface area contributed by atoms with Gasteiger partial charge < -0.3 is 14.5 Å². The number of likely N-dealkylation sites (tertiary alicyclic amines) is 1. The van der Waals surface area contributed by atoms with Crippen LogP contribution in [0.4, 0.5) is 4.79 Å². The Balaban J connectivity index is 2.47. The zero-order valence-electron chi connectivity index (χ0n) is 9.74. The van der Waals surface area contributed by atoms with Crippen molar-refractivity contribution in [2.75, 3.05) is 20.2 Å². The van der Waals surface area contributed by atoms with Crippen LogP contribution in [0.2, 0.25) is 0 Å². The summed E-state index contributed by atoms with van der Waals surface area (Å²) >= 11 is 0. The lowest BCUT2D eigenvalue weighted by molar-refractivity contribution is 0.0302. The lowest BCUT2D eigenvalue weighted by Gasteiger charge is -2.23. The first kappa shape index (κ1) is 11.8. The fourth-order valence-corrected chi connectivity index (χ4v) is 1.33. The number of ether oxygens (including phenoxy) is 1. The van der Waals surface area contributed by atoms with E-state index in [9.17, 15) is 4.79 Å². The highest BCUT2D eigenvalue weighted by Crippen LogP contribution is 2.13. The first-order valence-electron chi connectivity index (χ1n) is 4.99. The summed E-state index contributed by atoms with van der Waals surface area (Å²) in [5.74, 6) is 0. The summed E-state index contributed by atoms with van der Waals surface area (Å²) < 4.78 is 5.24. The third-order valence-corrected chi connectivity index (χ3v) is 1.92. The standard InChI is InChI=1S/C10H18N2O3/c1-10(2,3)15-9(13)12-6-5-8(7-12)11-14-4/h5-7H2,1-4H3/b11-8-. The van der Waals surface area contributed by atoms with Crippen LogP contribution in [0.25, 0.3) is 0 Å². The van der Waals surface area contributed by atoms with E-state index in [1.54, 1.807) is 4.90 Å². The lowest BCUT2D eigenvalue weighted by atomic mass is 10.2. The van der Waals surface area contributed by atoms with Gasteiger partial charge in [0.15, 0.2) is 0 Å². The first-order chi connectivity index (χ1) is 6.92. The van der Waals surface area contributed by atoms with Gasteiger partial charge in [-0.1, -0.05) is 5.16 Å². The minimum Gasteiger partial charge on any atom is -0.444 e. The minimum absolute atomic E-state index is 0.288. The van der Waals surface area contributed by atoms with E-state index in [0.29, 0.717) is 13.1 Å². The summed E-state index contributed by atoms with van der Waals surface area (Å²) in [6.07, 6.45) is 0.469. The first-order valence-corrected chi connectivity index (χ1v) is 4.99. The van der Waals surface area contributed by atoms with Gasteiger partial charge in [-0.15, -0.1) is 0 Å². The third-order valence-electron chi connectivity index (χ3n) is 1.92. The molecule has 1 saturated heterocycles. The highest BCUT2D eigenvalue weighted by molar-refractivity contribution is 5.91. The Morgan fingerprint density at radius 3 is 2.67 bits per heavy atom. The van der Waals surface area contributed by atoms with Crippen molar-refractivity contribution in [3.05, 3.63) is 0 Å². The molecule has 0 saturated carbocycles. The van der Waals surface area contributed by atoms with Crippen molar-refractivity contribution >= 4 is 11.8 Å². The van der Waals surface area contributed by atoms with Gasteiger partial charge in [0.05, 0.1) is 12.3 Å². The molecule has 86 valence electrons. The van der Waals surface area contributed by atoms with Crippen LogP contribution in [0.3, 0.4) is 0 Å². The summed E-state index contributed by atoms with van der Waals surface area (Å²) in [7, 11) is 1.50. The number of amides is 1. The Labute approximate surface area is 90.0 Å². The van der Waals surface area contributed by atoms with E-state index in [1.165, 1.54) is 7.11 Å². The molecule has 0 unspecified atom stereocenters. The monoisotopic (exact) mass is 214 g/mol. The molecule has 0 spiro atoms. The fourth-order valence-electron chi connectivity index (χ4n) is 1.33. The molecule has 1 aliphatic rings. The van der Waals surface area contributed by atoms with Crippen LogP contribution in [-0.4, -0.2) is 42.5 Å². The highest BCUT2D eigenvalue weighted by atomic mass is 16.6. The van der Waals surface area contributed by atoms with Crippen molar-refractivity contribution in [2.24, 2.45) is 5.16 Å². The number of hydrogen-bond donors (Lipinski definition) is 0. The van der Waals surface area contributed by atoms with Gasteiger partial charge in [0.25, 0.3) is 0 Å². The molecule has 5 heteroatoms.